The van der Waals surface area contributed by atoms with Gasteiger partial charge in [0, 0.05) is 6.42 Å². The van der Waals surface area contributed by atoms with Crippen molar-refractivity contribution in [1.29, 1.82) is 0 Å². The molecule has 14 heteroatoms. The summed E-state index contributed by atoms with van der Waals surface area (Å²) in [4.78, 5) is 13.3. The van der Waals surface area contributed by atoms with Crippen molar-refractivity contribution in [1.82, 2.24) is 5.32 Å². The lowest BCUT2D eigenvalue weighted by Gasteiger charge is -2.46. The molecule has 520 valence electrons. The fourth-order valence-corrected chi connectivity index (χ4v) is 12.7. The average Bonchev–Trinajstić information content (AvgIpc) is 1.74. The first-order valence-electron chi connectivity index (χ1n) is 37.6. The van der Waals surface area contributed by atoms with Crippen LogP contribution in [0.5, 0.6) is 0 Å². The van der Waals surface area contributed by atoms with E-state index in [1.165, 1.54) is 283 Å². The van der Waals surface area contributed by atoms with Gasteiger partial charge in [-0.15, -0.1) is 0 Å². The number of aliphatic hydroxyl groups excluding tert-OH is 8. The zero-order chi connectivity index (χ0) is 63.8. The Morgan fingerprint density at radius 2 is 0.727 bits per heavy atom. The molecule has 0 saturated carbocycles. The van der Waals surface area contributed by atoms with E-state index in [2.05, 4.69) is 31.3 Å². The second-order valence-electron chi connectivity index (χ2n) is 26.8. The normalized spacial score (nSPS) is 23.2. The Bertz CT molecular complexity index is 1570. The number of aliphatic hydroxyl groups is 8. The van der Waals surface area contributed by atoms with Gasteiger partial charge in [-0.2, -0.15) is 0 Å². The highest BCUT2D eigenvalue weighted by Gasteiger charge is 2.51. The third-order valence-electron chi connectivity index (χ3n) is 18.6. The Labute approximate surface area is 539 Å². The summed E-state index contributed by atoms with van der Waals surface area (Å²) in [6.07, 6.45) is 58.2. The number of rotatable bonds is 63. The summed E-state index contributed by atoms with van der Waals surface area (Å²) in [6, 6.07) is -0.930. The maximum atomic E-state index is 13.3. The Balaban J connectivity index is 1.66. The molecule has 88 heavy (non-hydrogen) atoms. The molecule has 9 N–H and O–H groups in total. The number of hydrogen-bond donors (Lipinski definition) is 9. The second kappa shape index (κ2) is 59.2. The Hall–Kier alpha value is -1.53. The van der Waals surface area contributed by atoms with Gasteiger partial charge in [0.15, 0.2) is 12.6 Å². The van der Waals surface area contributed by atoms with E-state index in [0.717, 1.165) is 32.1 Å². The lowest BCUT2D eigenvalue weighted by atomic mass is 9.97. The lowest BCUT2D eigenvalue weighted by Crippen LogP contribution is -2.65. The molecule has 0 bridgehead atoms. The molecule has 0 aromatic carbocycles. The zero-order valence-electron chi connectivity index (χ0n) is 56.7. The molecule has 0 aliphatic carbocycles. The Morgan fingerprint density at radius 1 is 0.398 bits per heavy atom. The minimum Gasteiger partial charge on any atom is -0.394 e. The van der Waals surface area contributed by atoms with Crippen LogP contribution in [0.25, 0.3) is 0 Å². The van der Waals surface area contributed by atoms with Crippen LogP contribution in [0.3, 0.4) is 0 Å². The van der Waals surface area contributed by atoms with Crippen molar-refractivity contribution in [3.8, 4) is 0 Å². The van der Waals surface area contributed by atoms with Crippen molar-refractivity contribution in [2.24, 2.45) is 0 Å². The van der Waals surface area contributed by atoms with Crippen LogP contribution >= 0.6 is 0 Å². The number of allylic oxidation sites excluding steroid dienone is 3. The van der Waals surface area contributed by atoms with Crippen molar-refractivity contribution >= 4 is 5.91 Å². The number of nitrogens with one attached hydrogen (secondary N) is 1. The highest BCUT2D eigenvalue weighted by molar-refractivity contribution is 5.76. The van der Waals surface area contributed by atoms with Crippen LogP contribution in [0.1, 0.15) is 348 Å². The molecule has 2 saturated heterocycles. The predicted molar refractivity (Wildman–Crippen MR) is 360 cm³/mol. The summed E-state index contributed by atoms with van der Waals surface area (Å²) in [5.74, 6) is -0.241. The topological polar surface area (TPSA) is 228 Å². The number of amides is 1. The molecule has 2 heterocycles. The second-order valence-corrected chi connectivity index (χ2v) is 26.8. The summed E-state index contributed by atoms with van der Waals surface area (Å²) in [5, 5.41) is 87.5. The number of carbonyl (C=O) groups excluding carboxylic acids is 1. The molecule has 2 fully saturated rings. The van der Waals surface area contributed by atoms with E-state index in [4.69, 9.17) is 18.9 Å². The summed E-state index contributed by atoms with van der Waals surface area (Å²) in [5.41, 5.74) is 0. The fraction of sp³-hybridized carbons (Fsp3) is 0.932. The third kappa shape index (κ3) is 42.6. The summed E-state index contributed by atoms with van der Waals surface area (Å²) in [6.45, 7) is 2.85. The molecule has 0 aromatic heterocycles. The molecule has 2 rings (SSSR count). The maximum Gasteiger partial charge on any atom is 0.220 e. The van der Waals surface area contributed by atoms with E-state index >= 15 is 0 Å². The standard InChI is InChI=1S/C74H141NO13/c1-3-5-7-9-11-13-15-17-19-21-23-25-27-29-31-32-34-36-38-40-42-44-46-48-50-52-54-56-58-66(79)75-62(61-85-73-71(84)69(82)72(65(60-77)87-73)88-74-70(83)68(81)67(80)64(59-76)86-74)63(78)57-55-53-51-49-47-45-43-41-39-37-35-33-30-28-26-24-22-20-18-16-14-12-10-8-6-4-2/h47,49,55,57,62-65,67-74,76-78,80-84H,3-46,48,50-54,56,58-61H2,1-2H3,(H,75,79)/b49-47+,57-55+. The van der Waals surface area contributed by atoms with Crippen LogP contribution in [0.4, 0.5) is 0 Å². The van der Waals surface area contributed by atoms with Crippen LogP contribution in [-0.2, 0) is 23.7 Å². The highest BCUT2D eigenvalue weighted by Crippen LogP contribution is 2.30. The summed E-state index contributed by atoms with van der Waals surface area (Å²) >= 11 is 0. The number of carbonyl (C=O) groups is 1. The first kappa shape index (κ1) is 82.6. The zero-order valence-corrected chi connectivity index (χ0v) is 56.7. The van der Waals surface area contributed by atoms with Gasteiger partial charge in [0.1, 0.15) is 48.8 Å². The minimum absolute atomic E-state index is 0.241. The van der Waals surface area contributed by atoms with E-state index in [1.807, 2.05) is 6.08 Å². The molecular weight excluding hydrogens is 1110 g/mol. The third-order valence-corrected chi connectivity index (χ3v) is 18.6. The number of unbranched alkanes of at least 4 members (excludes halogenated alkanes) is 48. The molecule has 0 radical (unpaired) electrons. The molecule has 0 aromatic rings. The predicted octanol–water partition coefficient (Wildman–Crippen LogP) is 15.9. The molecule has 2 aliphatic heterocycles. The average molecular weight is 1250 g/mol. The number of hydrogen-bond acceptors (Lipinski definition) is 13. The van der Waals surface area contributed by atoms with Gasteiger partial charge in [-0.1, -0.05) is 334 Å². The van der Waals surface area contributed by atoms with Crippen LogP contribution < -0.4 is 5.32 Å². The molecule has 0 spiro atoms. The van der Waals surface area contributed by atoms with Gasteiger partial charge in [-0.05, 0) is 32.1 Å². The molecule has 12 atom stereocenters. The first-order chi connectivity index (χ1) is 43.1. The quantitative estimate of drug-likeness (QED) is 0.0204. The van der Waals surface area contributed by atoms with Crippen molar-refractivity contribution in [2.45, 2.75) is 421 Å². The smallest absolute Gasteiger partial charge is 0.220 e. The Kier molecular flexibility index (Phi) is 55.6. The monoisotopic (exact) mass is 1250 g/mol. The van der Waals surface area contributed by atoms with Gasteiger partial charge < -0.3 is 65.1 Å². The van der Waals surface area contributed by atoms with Crippen LogP contribution in [-0.4, -0.2) is 140 Å². The van der Waals surface area contributed by atoms with E-state index in [1.54, 1.807) is 6.08 Å². The van der Waals surface area contributed by atoms with Gasteiger partial charge in [-0.25, -0.2) is 0 Å². The SMILES string of the molecule is CCCCCCCCCCCCCCCCCCCCCC/C=C/CC/C=C/C(O)C(COC1OC(CO)C(OC2OC(CO)C(O)C(O)C2O)C(O)C1O)NC(=O)CCCCCCCCCCCCCCCCCCCCCCCCCCCCCC. The van der Waals surface area contributed by atoms with Gasteiger partial charge in [0.25, 0.3) is 0 Å². The van der Waals surface area contributed by atoms with E-state index in [9.17, 15) is 45.6 Å². The van der Waals surface area contributed by atoms with Gasteiger partial charge in [-0.3, -0.25) is 4.79 Å². The molecule has 2 aliphatic rings. The van der Waals surface area contributed by atoms with Gasteiger partial charge in [0.05, 0.1) is 32.0 Å². The molecular formula is C74H141NO13. The van der Waals surface area contributed by atoms with Crippen LogP contribution in [0.2, 0.25) is 0 Å². The maximum absolute atomic E-state index is 13.3. The highest BCUT2D eigenvalue weighted by atomic mass is 16.7. The van der Waals surface area contributed by atoms with Crippen molar-refractivity contribution in [2.75, 3.05) is 19.8 Å². The van der Waals surface area contributed by atoms with Crippen LogP contribution in [0.15, 0.2) is 24.3 Å². The van der Waals surface area contributed by atoms with Crippen LogP contribution in [0, 0.1) is 0 Å². The van der Waals surface area contributed by atoms with E-state index < -0.39 is 86.8 Å². The summed E-state index contributed by atoms with van der Waals surface area (Å²) in [7, 11) is 0. The van der Waals surface area contributed by atoms with Crippen molar-refractivity contribution in [3.63, 3.8) is 0 Å². The number of ether oxygens (including phenoxy) is 4. The Morgan fingerprint density at radius 3 is 1.11 bits per heavy atom. The fourth-order valence-electron chi connectivity index (χ4n) is 12.7. The molecule has 12 unspecified atom stereocenters. The van der Waals surface area contributed by atoms with E-state index in [0.29, 0.717) is 12.8 Å². The molecule has 1 amide bonds. The van der Waals surface area contributed by atoms with Crippen molar-refractivity contribution in [3.05, 3.63) is 24.3 Å². The molecule has 14 nitrogen and oxygen atoms in total. The van der Waals surface area contributed by atoms with Crippen molar-refractivity contribution < 1.29 is 64.6 Å². The lowest BCUT2D eigenvalue weighted by molar-refractivity contribution is -0.359. The minimum atomic E-state index is -1.79. The largest absolute Gasteiger partial charge is 0.394 e. The van der Waals surface area contributed by atoms with E-state index in [-0.39, 0.29) is 18.9 Å². The summed E-state index contributed by atoms with van der Waals surface area (Å²) < 4.78 is 22.9. The first-order valence-corrected chi connectivity index (χ1v) is 37.6. The van der Waals surface area contributed by atoms with Gasteiger partial charge in [0.2, 0.25) is 5.91 Å². The van der Waals surface area contributed by atoms with Gasteiger partial charge >= 0.3 is 0 Å².